The zero-order valence-electron chi connectivity index (χ0n) is 17.8. The van der Waals surface area contributed by atoms with Crippen LogP contribution in [0, 0.1) is 24.0 Å². The Balaban J connectivity index is 1.67. The molecule has 12 heteroatoms. The van der Waals surface area contributed by atoms with Crippen LogP contribution in [0.1, 0.15) is 32.1 Å². The maximum Gasteiger partial charge on any atom is 0.296 e. The number of amides is 1. The van der Waals surface area contributed by atoms with E-state index in [0.29, 0.717) is 31.5 Å². The highest BCUT2D eigenvalue weighted by Crippen LogP contribution is 2.44. The van der Waals surface area contributed by atoms with Crippen LogP contribution >= 0.6 is 22.7 Å². The Morgan fingerprint density at radius 2 is 1.97 bits per heavy atom. The molecule has 5 rings (SSSR count). The van der Waals surface area contributed by atoms with Crippen molar-refractivity contribution in [2.45, 2.75) is 19.9 Å². The molecule has 1 amide bonds. The first-order valence-corrected chi connectivity index (χ1v) is 11.6. The Hall–Kier alpha value is -4.03. The maximum absolute atomic E-state index is 13.5. The highest BCUT2D eigenvalue weighted by Gasteiger charge is 2.47. The van der Waals surface area contributed by atoms with E-state index in [9.17, 15) is 24.8 Å². The molecule has 1 atom stereocenters. The molecule has 1 N–H and O–H groups in total. The van der Waals surface area contributed by atoms with Gasteiger partial charge in [0.2, 0.25) is 5.78 Å². The van der Waals surface area contributed by atoms with Crippen LogP contribution in [-0.2, 0) is 4.79 Å². The summed E-state index contributed by atoms with van der Waals surface area (Å²) in [6.45, 7) is 3.46. The summed E-state index contributed by atoms with van der Waals surface area (Å²) in [5.41, 5.74) is 1.11. The number of ketones is 1. The van der Waals surface area contributed by atoms with Crippen LogP contribution < -0.4 is 4.90 Å². The normalized spacial score (nSPS) is 16.0. The van der Waals surface area contributed by atoms with E-state index < -0.39 is 28.4 Å². The number of thiazole rings is 2. The van der Waals surface area contributed by atoms with Gasteiger partial charge in [-0.1, -0.05) is 17.4 Å². The SMILES string of the molecule is Cc1nc(C)c(C(=O)C2=C(O)C(=O)N(c3nc4ccc([N+](=O)[O-])cc4s3)C2c2ccccn2)s1. The summed E-state index contributed by atoms with van der Waals surface area (Å²) in [6.07, 6.45) is 1.53. The van der Waals surface area contributed by atoms with Crippen molar-refractivity contribution in [2.75, 3.05) is 4.90 Å². The zero-order valence-corrected chi connectivity index (χ0v) is 19.4. The molecule has 4 heterocycles. The molecule has 0 saturated heterocycles. The minimum atomic E-state index is -1.03. The highest BCUT2D eigenvalue weighted by molar-refractivity contribution is 7.22. The lowest BCUT2D eigenvalue weighted by Crippen LogP contribution is -2.31. The van der Waals surface area contributed by atoms with E-state index in [0.717, 1.165) is 11.3 Å². The predicted molar refractivity (Wildman–Crippen MR) is 126 cm³/mol. The smallest absolute Gasteiger partial charge is 0.296 e. The molecule has 4 aromatic rings. The number of non-ortho nitro benzene ring substituents is 1. The number of aromatic nitrogens is 3. The molecule has 0 aliphatic carbocycles. The van der Waals surface area contributed by atoms with Gasteiger partial charge in [-0.3, -0.25) is 29.6 Å². The second-order valence-electron chi connectivity index (χ2n) is 7.48. The van der Waals surface area contributed by atoms with Gasteiger partial charge in [0.25, 0.3) is 11.6 Å². The molecule has 0 radical (unpaired) electrons. The molecule has 1 aliphatic rings. The Bertz CT molecular complexity index is 1530. The largest absolute Gasteiger partial charge is 0.503 e. The lowest BCUT2D eigenvalue weighted by Gasteiger charge is -2.23. The number of anilines is 1. The van der Waals surface area contributed by atoms with E-state index in [1.54, 1.807) is 32.0 Å². The van der Waals surface area contributed by atoms with Crippen LogP contribution in [0.25, 0.3) is 10.2 Å². The average Bonchev–Trinajstić information content (AvgIpc) is 3.46. The van der Waals surface area contributed by atoms with Gasteiger partial charge in [0, 0.05) is 18.3 Å². The van der Waals surface area contributed by atoms with Gasteiger partial charge < -0.3 is 5.11 Å². The molecule has 34 heavy (non-hydrogen) atoms. The number of hydrogen-bond donors (Lipinski definition) is 1. The summed E-state index contributed by atoms with van der Waals surface area (Å²) in [7, 11) is 0. The summed E-state index contributed by atoms with van der Waals surface area (Å²) < 4.78 is 0.491. The number of pyridine rings is 1. The lowest BCUT2D eigenvalue weighted by molar-refractivity contribution is -0.384. The number of hydrogen-bond acceptors (Lipinski definition) is 10. The monoisotopic (exact) mass is 493 g/mol. The minimum Gasteiger partial charge on any atom is -0.503 e. The third-order valence-electron chi connectivity index (χ3n) is 5.31. The minimum absolute atomic E-state index is 0.107. The topological polar surface area (TPSA) is 139 Å². The number of aryl methyl sites for hydroxylation is 2. The van der Waals surface area contributed by atoms with Crippen molar-refractivity contribution < 1.29 is 19.6 Å². The molecule has 0 saturated carbocycles. The summed E-state index contributed by atoms with van der Waals surface area (Å²) >= 11 is 2.23. The maximum atomic E-state index is 13.5. The van der Waals surface area contributed by atoms with Gasteiger partial charge in [-0.15, -0.1) is 11.3 Å². The molecular weight excluding hydrogens is 478 g/mol. The summed E-state index contributed by atoms with van der Waals surface area (Å²) in [6, 6.07) is 8.23. The summed E-state index contributed by atoms with van der Waals surface area (Å²) in [5.74, 6) is -1.99. The van der Waals surface area contributed by atoms with Gasteiger partial charge in [-0.25, -0.2) is 9.97 Å². The standard InChI is InChI=1S/C22H15N5O5S2/c1-10-20(33-11(2)24-10)18(28)16-17(14-5-3-4-8-23-14)26(21(30)19(16)29)22-25-13-7-6-12(27(31)32)9-15(13)34-22/h3-9,17,29H,1-2H3. The van der Waals surface area contributed by atoms with Crippen molar-refractivity contribution in [3.8, 4) is 0 Å². The van der Waals surface area contributed by atoms with Crippen LogP contribution in [0.3, 0.4) is 0 Å². The van der Waals surface area contributed by atoms with E-state index in [2.05, 4.69) is 15.0 Å². The Labute approximate surface area is 200 Å². The number of rotatable bonds is 5. The highest BCUT2D eigenvalue weighted by atomic mass is 32.1. The van der Waals surface area contributed by atoms with Crippen LogP contribution in [0.15, 0.2) is 53.9 Å². The van der Waals surface area contributed by atoms with Crippen LogP contribution in [0.4, 0.5) is 10.8 Å². The number of aliphatic hydroxyl groups is 1. The van der Waals surface area contributed by atoms with Crippen molar-refractivity contribution >= 4 is 55.4 Å². The third-order valence-corrected chi connectivity index (χ3v) is 7.40. The van der Waals surface area contributed by atoms with Gasteiger partial charge in [-0.2, -0.15) is 0 Å². The molecule has 10 nitrogen and oxygen atoms in total. The molecule has 170 valence electrons. The molecule has 3 aromatic heterocycles. The Morgan fingerprint density at radius 3 is 2.62 bits per heavy atom. The molecule has 1 aromatic carbocycles. The molecule has 1 aliphatic heterocycles. The van der Waals surface area contributed by atoms with E-state index in [-0.39, 0.29) is 16.4 Å². The van der Waals surface area contributed by atoms with E-state index in [1.807, 2.05) is 0 Å². The van der Waals surface area contributed by atoms with Crippen molar-refractivity contribution in [1.82, 2.24) is 15.0 Å². The second kappa shape index (κ2) is 8.08. The third kappa shape index (κ3) is 3.43. The van der Waals surface area contributed by atoms with Gasteiger partial charge in [0.1, 0.15) is 6.04 Å². The number of carbonyl (C=O) groups excluding carboxylic acids is 2. The van der Waals surface area contributed by atoms with Crippen molar-refractivity contribution in [2.24, 2.45) is 0 Å². The van der Waals surface area contributed by atoms with Crippen LogP contribution in [0.5, 0.6) is 0 Å². The van der Waals surface area contributed by atoms with Crippen molar-refractivity contribution in [3.63, 3.8) is 0 Å². The number of nitro benzene ring substituents is 1. The fourth-order valence-corrected chi connectivity index (χ4v) is 5.73. The van der Waals surface area contributed by atoms with Gasteiger partial charge >= 0.3 is 0 Å². The summed E-state index contributed by atoms with van der Waals surface area (Å²) in [4.78, 5) is 52.1. The molecule has 0 fully saturated rings. The number of nitro groups is 1. The number of nitrogens with zero attached hydrogens (tertiary/aromatic N) is 5. The van der Waals surface area contributed by atoms with Crippen molar-refractivity contribution in [3.05, 3.63) is 85.3 Å². The zero-order chi connectivity index (χ0) is 24.1. The Morgan fingerprint density at radius 1 is 1.18 bits per heavy atom. The Kier molecular flexibility index (Phi) is 5.18. The number of aliphatic hydroxyl groups excluding tert-OH is 1. The molecule has 1 unspecified atom stereocenters. The number of Topliss-reactive ketones (excluding diaryl/α,β-unsaturated/α-hetero) is 1. The fraction of sp³-hybridized carbons (Fsp3) is 0.136. The first-order chi connectivity index (χ1) is 16.3. The van der Waals surface area contributed by atoms with Gasteiger partial charge in [-0.05, 0) is 32.0 Å². The van der Waals surface area contributed by atoms with Crippen LogP contribution in [0.2, 0.25) is 0 Å². The second-order valence-corrected chi connectivity index (χ2v) is 9.69. The lowest BCUT2D eigenvalue weighted by atomic mass is 9.98. The number of benzene rings is 1. The molecule has 0 spiro atoms. The van der Waals surface area contributed by atoms with Crippen molar-refractivity contribution in [1.29, 1.82) is 0 Å². The quantitative estimate of drug-likeness (QED) is 0.244. The first kappa shape index (κ1) is 21.8. The van der Waals surface area contributed by atoms with E-state index >= 15 is 0 Å². The fourth-order valence-electron chi connectivity index (χ4n) is 3.83. The summed E-state index contributed by atoms with van der Waals surface area (Å²) in [5, 5.41) is 22.9. The predicted octanol–water partition coefficient (Wildman–Crippen LogP) is 4.46. The van der Waals surface area contributed by atoms with Crippen LogP contribution in [-0.4, -0.2) is 36.7 Å². The van der Waals surface area contributed by atoms with Gasteiger partial charge in [0.05, 0.1) is 42.0 Å². The molecule has 0 bridgehead atoms. The van der Waals surface area contributed by atoms with E-state index in [4.69, 9.17) is 0 Å². The number of fused-ring (bicyclic) bond motifs is 1. The van der Waals surface area contributed by atoms with E-state index in [1.165, 1.54) is 40.6 Å². The molecular formula is C22H15N5O5S2. The van der Waals surface area contributed by atoms with Gasteiger partial charge in [0.15, 0.2) is 10.9 Å². The average molecular weight is 494 g/mol. The first-order valence-electron chi connectivity index (χ1n) is 9.97. The number of carbonyl (C=O) groups is 2.